The molecule has 0 amide bonds. The standard InChI is InChI=1S/C22H26O5/c1-15(23)19-21(26-14-18-11-7-4-8-12-18)20(16(2)27-22(19)24)25-13-17-9-5-3-6-10-17/h3-12,16,19-22,24H,13-14H2,1-2H3/t16?,19-,20+,21?,22+/m0/s1. The predicted molar refractivity (Wildman–Crippen MR) is 101 cm³/mol. The molecule has 2 unspecified atom stereocenters. The Hall–Kier alpha value is -2.05. The van der Waals surface area contributed by atoms with E-state index in [1.165, 1.54) is 6.92 Å². The van der Waals surface area contributed by atoms with Crippen LogP contribution in [0.25, 0.3) is 0 Å². The van der Waals surface area contributed by atoms with Gasteiger partial charge in [-0.3, -0.25) is 4.79 Å². The highest BCUT2D eigenvalue weighted by Gasteiger charge is 2.47. The lowest BCUT2D eigenvalue weighted by Gasteiger charge is -2.43. The average Bonchev–Trinajstić information content (AvgIpc) is 2.66. The van der Waals surface area contributed by atoms with Crippen LogP contribution in [0, 0.1) is 5.92 Å². The van der Waals surface area contributed by atoms with E-state index in [0.717, 1.165) is 11.1 Å². The maximum absolute atomic E-state index is 12.2. The Morgan fingerprint density at radius 2 is 1.41 bits per heavy atom. The molecule has 27 heavy (non-hydrogen) atoms. The third-order valence-corrected chi connectivity index (χ3v) is 4.84. The minimum atomic E-state index is -1.20. The summed E-state index contributed by atoms with van der Waals surface area (Å²) in [5.41, 5.74) is 2.02. The molecule has 1 aliphatic heterocycles. The molecule has 1 N–H and O–H groups in total. The van der Waals surface area contributed by atoms with Gasteiger partial charge < -0.3 is 19.3 Å². The van der Waals surface area contributed by atoms with Gasteiger partial charge in [0.1, 0.15) is 18.0 Å². The lowest BCUT2D eigenvalue weighted by molar-refractivity contribution is -0.274. The van der Waals surface area contributed by atoms with Crippen LogP contribution < -0.4 is 0 Å². The Morgan fingerprint density at radius 3 is 1.89 bits per heavy atom. The van der Waals surface area contributed by atoms with Gasteiger partial charge in [0.05, 0.1) is 25.2 Å². The molecule has 0 radical (unpaired) electrons. The first-order valence-corrected chi connectivity index (χ1v) is 9.21. The third kappa shape index (κ3) is 5.02. The monoisotopic (exact) mass is 370 g/mol. The van der Waals surface area contributed by atoms with Gasteiger partial charge in [0, 0.05) is 0 Å². The van der Waals surface area contributed by atoms with Crippen LogP contribution in [0.5, 0.6) is 0 Å². The van der Waals surface area contributed by atoms with Crippen molar-refractivity contribution in [1.29, 1.82) is 0 Å². The number of benzene rings is 2. The lowest BCUT2D eigenvalue weighted by atomic mass is 9.88. The topological polar surface area (TPSA) is 65.0 Å². The van der Waals surface area contributed by atoms with Gasteiger partial charge in [-0.25, -0.2) is 0 Å². The number of ketones is 1. The molecule has 0 saturated carbocycles. The molecule has 1 aliphatic rings. The van der Waals surface area contributed by atoms with Crippen molar-refractivity contribution in [3.05, 3.63) is 71.8 Å². The summed E-state index contributed by atoms with van der Waals surface area (Å²) < 4.78 is 17.8. The van der Waals surface area contributed by atoms with Gasteiger partial charge in [0.2, 0.25) is 0 Å². The largest absolute Gasteiger partial charge is 0.370 e. The van der Waals surface area contributed by atoms with Crippen LogP contribution in [-0.2, 0) is 32.2 Å². The molecule has 3 rings (SSSR count). The Morgan fingerprint density at radius 1 is 0.926 bits per heavy atom. The summed E-state index contributed by atoms with van der Waals surface area (Å²) in [6, 6.07) is 19.5. The number of Topliss-reactive ketones (excluding diaryl/α,β-unsaturated/α-hetero) is 1. The summed E-state index contributed by atoms with van der Waals surface area (Å²) in [5.74, 6) is -0.966. The van der Waals surface area contributed by atoms with Gasteiger partial charge in [-0.2, -0.15) is 0 Å². The number of hydrogen-bond acceptors (Lipinski definition) is 5. The molecule has 0 aromatic heterocycles. The molecular formula is C22H26O5. The Labute approximate surface area is 159 Å². The normalized spacial score (nSPS) is 28.0. The van der Waals surface area contributed by atoms with E-state index in [4.69, 9.17) is 14.2 Å². The van der Waals surface area contributed by atoms with E-state index in [0.29, 0.717) is 13.2 Å². The fraction of sp³-hybridized carbons (Fsp3) is 0.409. The SMILES string of the molecule is CC(=O)[C@H]1C(OCc2ccccc2)[C@H](OCc2ccccc2)C(C)O[C@H]1O. The third-order valence-electron chi connectivity index (χ3n) is 4.84. The Balaban J connectivity index is 1.76. The maximum Gasteiger partial charge on any atom is 0.167 e. The number of aliphatic hydroxyl groups excluding tert-OH is 1. The van der Waals surface area contributed by atoms with Crippen LogP contribution in [0.1, 0.15) is 25.0 Å². The minimum Gasteiger partial charge on any atom is -0.370 e. The van der Waals surface area contributed by atoms with Gasteiger partial charge in [-0.1, -0.05) is 60.7 Å². The molecule has 5 atom stereocenters. The zero-order valence-corrected chi connectivity index (χ0v) is 15.7. The number of carbonyl (C=O) groups is 1. The van der Waals surface area contributed by atoms with E-state index in [-0.39, 0.29) is 5.78 Å². The van der Waals surface area contributed by atoms with Crippen molar-refractivity contribution in [3.8, 4) is 0 Å². The molecule has 144 valence electrons. The average molecular weight is 370 g/mol. The molecule has 1 fully saturated rings. The first kappa shape index (κ1) is 19.7. The van der Waals surface area contributed by atoms with Gasteiger partial charge >= 0.3 is 0 Å². The fourth-order valence-corrected chi connectivity index (χ4v) is 3.41. The molecule has 5 heteroatoms. The highest BCUT2D eigenvalue weighted by atomic mass is 16.6. The predicted octanol–water partition coefficient (Wildman–Crippen LogP) is 3.10. The number of ether oxygens (including phenoxy) is 3. The van der Waals surface area contributed by atoms with Gasteiger partial charge in [-0.15, -0.1) is 0 Å². The minimum absolute atomic E-state index is 0.180. The molecule has 0 aliphatic carbocycles. The van der Waals surface area contributed by atoms with Crippen molar-refractivity contribution in [2.24, 2.45) is 5.92 Å². The van der Waals surface area contributed by atoms with Crippen LogP contribution >= 0.6 is 0 Å². The van der Waals surface area contributed by atoms with E-state index in [2.05, 4.69) is 0 Å². The second-order valence-corrected chi connectivity index (χ2v) is 6.89. The van der Waals surface area contributed by atoms with Gasteiger partial charge in [-0.05, 0) is 25.0 Å². The Kier molecular flexibility index (Phi) is 6.74. The van der Waals surface area contributed by atoms with E-state index in [9.17, 15) is 9.90 Å². The van der Waals surface area contributed by atoms with Gasteiger partial charge in [0.15, 0.2) is 6.29 Å². The first-order valence-electron chi connectivity index (χ1n) is 9.21. The highest BCUT2D eigenvalue weighted by Crippen LogP contribution is 2.31. The Bertz CT molecular complexity index is 718. The second kappa shape index (κ2) is 9.24. The zero-order chi connectivity index (χ0) is 19.2. The maximum atomic E-state index is 12.2. The van der Waals surface area contributed by atoms with Crippen LogP contribution in [-0.4, -0.2) is 35.5 Å². The van der Waals surface area contributed by atoms with Crippen molar-refractivity contribution >= 4 is 5.78 Å². The number of hydrogen-bond donors (Lipinski definition) is 1. The highest BCUT2D eigenvalue weighted by molar-refractivity contribution is 5.79. The zero-order valence-electron chi connectivity index (χ0n) is 15.7. The molecule has 2 aromatic carbocycles. The molecule has 1 saturated heterocycles. The van der Waals surface area contributed by atoms with Crippen molar-refractivity contribution in [3.63, 3.8) is 0 Å². The molecule has 2 aromatic rings. The van der Waals surface area contributed by atoms with E-state index in [1.807, 2.05) is 67.6 Å². The number of rotatable bonds is 7. The van der Waals surface area contributed by atoms with Crippen molar-refractivity contribution in [2.45, 2.75) is 51.7 Å². The first-order chi connectivity index (χ1) is 13.1. The lowest BCUT2D eigenvalue weighted by Crippen LogP contribution is -2.57. The number of aliphatic hydroxyl groups is 1. The molecule has 0 bridgehead atoms. The summed E-state index contributed by atoms with van der Waals surface area (Å²) in [7, 11) is 0. The quantitative estimate of drug-likeness (QED) is 0.811. The summed E-state index contributed by atoms with van der Waals surface area (Å²) in [6.45, 7) is 3.99. The van der Waals surface area contributed by atoms with Crippen LogP contribution in [0.3, 0.4) is 0 Å². The molecule has 0 spiro atoms. The summed E-state index contributed by atoms with van der Waals surface area (Å²) in [4.78, 5) is 12.2. The number of carbonyl (C=O) groups excluding carboxylic acids is 1. The van der Waals surface area contributed by atoms with E-state index in [1.54, 1.807) is 0 Å². The van der Waals surface area contributed by atoms with Crippen molar-refractivity contribution in [1.82, 2.24) is 0 Å². The smallest absolute Gasteiger partial charge is 0.167 e. The summed E-state index contributed by atoms with van der Waals surface area (Å²) >= 11 is 0. The van der Waals surface area contributed by atoms with E-state index < -0.39 is 30.5 Å². The fourth-order valence-electron chi connectivity index (χ4n) is 3.41. The molecular weight excluding hydrogens is 344 g/mol. The van der Waals surface area contributed by atoms with Crippen molar-refractivity contribution < 1.29 is 24.1 Å². The second-order valence-electron chi connectivity index (χ2n) is 6.89. The summed E-state index contributed by atoms with van der Waals surface area (Å²) in [6.07, 6.45) is -2.66. The van der Waals surface area contributed by atoms with Gasteiger partial charge in [0.25, 0.3) is 0 Å². The molecule has 5 nitrogen and oxygen atoms in total. The van der Waals surface area contributed by atoms with Crippen LogP contribution in [0.15, 0.2) is 60.7 Å². The summed E-state index contributed by atoms with van der Waals surface area (Å²) in [5, 5.41) is 10.3. The van der Waals surface area contributed by atoms with Crippen LogP contribution in [0.2, 0.25) is 0 Å². The van der Waals surface area contributed by atoms with Crippen LogP contribution in [0.4, 0.5) is 0 Å². The van der Waals surface area contributed by atoms with E-state index >= 15 is 0 Å². The molecule has 1 heterocycles. The van der Waals surface area contributed by atoms with Crippen molar-refractivity contribution in [2.75, 3.05) is 0 Å².